The highest BCUT2D eigenvalue weighted by Gasteiger charge is 2.21. The Morgan fingerprint density at radius 2 is 1.56 bits per heavy atom. The van der Waals surface area contributed by atoms with E-state index in [0.717, 1.165) is 35.4 Å². The number of hydrogen-bond acceptors (Lipinski definition) is 3. The summed E-state index contributed by atoms with van der Waals surface area (Å²) in [4.78, 5) is 18.4. The summed E-state index contributed by atoms with van der Waals surface area (Å²) in [5.41, 5.74) is 6.81. The molecule has 0 spiro atoms. The minimum atomic E-state index is -0.308. The van der Waals surface area contributed by atoms with Crippen LogP contribution in [0.3, 0.4) is 0 Å². The van der Waals surface area contributed by atoms with Crippen LogP contribution in [0.1, 0.15) is 27.7 Å². The lowest BCUT2D eigenvalue weighted by molar-refractivity contribution is 1.12. The third kappa shape index (κ3) is 3.30. The summed E-state index contributed by atoms with van der Waals surface area (Å²) in [6.07, 6.45) is 4.34. The van der Waals surface area contributed by atoms with E-state index in [4.69, 9.17) is 5.73 Å². The van der Waals surface area contributed by atoms with Gasteiger partial charge in [0.2, 0.25) is 0 Å². The van der Waals surface area contributed by atoms with Gasteiger partial charge in [0.1, 0.15) is 5.82 Å². The lowest BCUT2D eigenvalue weighted by atomic mass is 10.6. The summed E-state index contributed by atoms with van der Waals surface area (Å²) in [5.74, 6) is 0.456. The van der Waals surface area contributed by atoms with Crippen LogP contribution in [0, 0.1) is 0 Å². The first-order chi connectivity index (χ1) is 8.58. The van der Waals surface area contributed by atoms with Crippen molar-refractivity contribution in [1.82, 2.24) is 9.97 Å². The van der Waals surface area contributed by atoms with Crippen molar-refractivity contribution >= 4 is 32.4 Å². The normalized spacial score (nSPS) is 11.4. The van der Waals surface area contributed by atoms with Crippen molar-refractivity contribution < 1.29 is 0 Å². The molecule has 0 aliphatic carbocycles. The number of nitrogen functional groups attached to an aromatic ring is 1. The van der Waals surface area contributed by atoms with E-state index >= 15 is 0 Å². The maximum Gasteiger partial charge on any atom is 0.347 e. The molecule has 102 valence electrons. The van der Waals surface area contributed by atoms with Crippen molar-refractivity contribution in [2.45, 2.75) is 27.7 Å². The molecule has 0 amide bonds. The fourth-order valence-corrected chi connectivity index (χ4v) is 6.50. The maximum absolute atomic E-state index is 11.6. The molecule has 0 radical (unpaired) electrons. The van der Waals surface area contributed by atoms with E-state index in [9.17, 15) is 4.79 Å². The van der Waals surface area contributed by atoms with Crippen molar-refractivity contribution in [2.24, 2.45) is 0 Å². The largest absolute Gasteiger partial charge is 0.383 e. The van der Waals surface area contributed by atoms with Gasteiger partial charge in [0.05, 0.1) is 5.44 Å². The van der Waals surface area contributed by atoms with Crippen molar-refractivity contribution in [3.8, 4) is 0 Å². The van der Waals surface area contributed by atoms with Gasteiger partial charge < -0.3 is 10.7 Å². The zero-order valence-corrected chi connectivity index (χ0v) is 13.4. The molecular weight excluding hydrogens is 264 g/mol. The van der Waals surface area contributed by atoms with Crippen LogP contribution in [0.25, 0.3) is 0 Å². The summed E-state index contributed by atoms with van der Waals surface area (Å²) in [5, 5.41) is 1.16. The van der Waals surface area contributed by atoms with Crippen LogP contribution in [0.2, 0.25) is 0 Å². The smallest absolute Gasteiger partial charge is 0.347 e. The SMILES string of the molecule is CCP(CC)c1[nH]c(=O)nc(N)c1P(CC)CC. The summed E-state index contributed by atoms with van der Waals surface area (Å²) in [7, 11) is -0.598. The van der Waals surface area contributed by atoms with E-state index in [1.54, 1.807) is 0 Å². The molecular formula is C12H23N3OP2. The van der Waals surface area contributed by atoms with Gasteiger partial charge in [0.25, 0.3) is 0 Å². The number of aromatic nitrogens is 2. The number of nitrogens with zero attached hydrogens (tertiary/aromatic N) is 1. The minimum absolute atomic E-state index is 0.291. The molecule has 0 aliphatic rings. The number of rotatable bonds is 6. The monoisotopic (exact) mass is 287 g/mol. The Kier molecular flexibility index (Phi) is 6.25. The summed E-state index contributed by atoms with van der Waals surface area (Å²) in [6.45, 7) is 8.72. The molecule has 0 aromatic carbocycles. The highest BCUT2D eigenvalue weighted by molar-refractivity contribution is 7.72. The molecule has 1 aromatic rings. The zero-order valence-electron chi connectivity index (χ0n) is 11.7. The van der Waals surface area contributed by atoms with E-state index in [1.165, 1.54) is 0 Å². The highest BCUT2D eigenvalue weighted by Crippen LogP contribution is 2.39. The van der Waals surface area contributed by atoms with Gasteiger partial charge in [-0.3, -0.25) is 0 Å². The van der Waals surface area contributed by atoms with Crippen LogP contribution in [-0.2, 0) is 0 Å². The van der Waals surface area contributed by atoms with Crippen molar-refractivity contribution in [2.75, 3.05) is 30.4 Å². The maximum atomic E-state index is 11.6. The van der Waals surface area contributed by atoms with Gasteiger partial charge in [-0.15, -0.1) is 0 Å². The first-order valence-corrected chi connectivity index (χ1v) is 9.90. The topological polar surface area (TPSA) is 71.8 Å². The third-order valence-electron chi connectivity index (χ3n) is 3.07. The molecule has 0 unspecified atom stereocenters. The number of hydrogen-bond donors (Lipinski definition) is 2. The Bertz CT molecular complexity index is 439. The van der Waals surface area contributed by atoms with Gasteiger partial charge in [-0.25, -0.2) is 4.79 Å². The van der Waals surface area contributed by atoms with Crippen LogP contribution in [0.5, 0.6) is 0 Å². The molecule has 6 heteroatoms. The zero-order chi connectivity index (χ0) is 13.7. The Hall–Kier alpha value is -0.460. The van der Waals surface area contributed by atoms with Gasteiger partial charge in [-0.05, 0) is 24.6 Å². The molecule has 3 N–H and O–H groups in total. The van der Waals surface area contributed by atoms with E-state index in [0.29, 0.717) is 5.82 Å². The van der Waals surface area contributed by atoms with Gasteiger partial charge in [-0.1, -0.05) is 43.5 Å². The second kappa shape index (κ2) is 7.21. The first kappa shape index (κ1) is 15.6. The fraction of sp³-hybridized carbons (Fsp3) is 0.667. The second-order valence-electron chi connectivity index (χ2n) is 3.97. The molecule has 0 atom stereocenters. The predicted octanol–water partition coefficient (Wildman–Crippen LogP) is 1.65. The summed E-state index contributed by atoms with van der Waals surface area (Å²) < 4.78 is 0. The minimum Gasteiger partial charge on any atom is -0.383 e. The molecule has 0 fully saturated rings. The Morgan fingerprint density at radius 3 is 2.00 bits per heavy atom. The Balaban J connectivity index is 3.41. The Morgan fingerprint density at radius 1 is 1.06 bits per heavy atom. The second-order valence-corrected chi connectivity index (χ2v) is 9.55. The van der Waals surface area contributed by atoms with E-state index in [2.05, 4.69) is 37.7 Å². The number of aromatic amines is 1. The number of nitrogens with one attached hydrogen (secondary N) is 1. The van der Waals surface area contributed by atoms with Gasteiger partial charge in [0.15, 0.2) is 0 Å². The first-order valence-electron chi connectivity index (χ1n) is 6.48. The molecule has 0 saturated carbocycles. The van der Waals surface area contributed by atoms with Gasteiger partial charge in [-0.2, -0.15) is 4.98 Å². The Labute approximate surface area is 111 Å². The summed E-state index contributed by atoms with van der Waals surface area (Å²) >= 11 is 0. The fourth-order valence-electron chi connectivity index (χ4n) is 2.09. The number of anilines is 1. The van der Waals surface area contributed by atoms with Crippen LogP contribution < -0.4 is 22.2 Å². The lowest BCUT2D eigenvalue weighted by Crippen LogP contribution is -2.37. The molecule has 18 heavy (non-hydrogen) atoms. The predicted molar refractivity (Wildman–Crippen MR) is 84.5 cm³/mol. The van der Waals surface area contributed by atoms with Crippen LogP contribution in [-0.4, -0.2) is 34.6 Å². The molecule has 0 bridgehead atoms. The van der Waals surface area contributed by atoms with E-state index < -0.39 is 0 Å². The molecule has 1 aromatic heterocycles. The van der Waals surface area contributed by atoms with Crippen molar-refractivity contribution in [1.29, 1.82) is 0 Å². The van der Waals surface area contributed by atoms with Crippen molar-refractivity contribution in [3.05, 3.63) is 10.5 Å². The highest BCUT2D eigenvalue weighted by atomic mass is 31.1. The quantitative estimate of drug-likeness (QED) is 0.781. The number of H-pyrrole nitrogens is 1. The van der Waals surface area contributed by atoms with E-state index in [-0.39, 0.29) is 21.5 Å². The van der Waals surface area contributed by atoms with E-state index in [1.807, 2.05) is 0 Å². The van der Waals surface area contributed by atoms with Gasteiger partial charge in [0, 0.05) is 5.30 Å². The third-order valence-corrected chi connectivity index (χ3v) is 8.36. The lowest BCUT2D eigenvalue weighted by Gasteiger charge is -2.23. The molecule has 4 nitrogen and oxygen atoms in total. The molecule has 1 heterocycles. The van der Waals surface area contributed by atoms with Gasteiger partial charge >= 0.3 is 5.69 Å². The van der Waals surface area contributed by atoms with Crippen molar-refractivity contribution in [3.63, 3.8) is 0 Å². The van der Waals surface area contributed by atoms with Crippen LogP contribution >= 0.6 is 15.8 Å². The van der Waals surface area contributed by atoms with Crippen LogP contribution in [0.15, 0.2) is 4.79 Å². The van der Waals surface area contributed by atoms with Crippen LogP contribution in [0.4, 0.5) is 5.82 Å². The molecule has 0 saturated heterocycles. The average molecular weight is 287 g/mol. The average Bonchev–Trinajstić information content (AvgIpc) is 2.34. The number of nitrogens with two attached hydrogens (primary N) is 1. The summed E-state index contributed by atoms with van der Waals surface area (Å²) in [6, 6.07) is 0. The standard InChI is InChI=1S/C12H23N3OP2/c1-5-17(6-2)9-10(13)14-12(16)15-11(9)18(7-3)8-4/h5-8H2,1-4H3,(H3,13,14,15,16). The molecule has 1 rings (SSSR count). The molecule has 0 aliphatic heterocycles.